The van der Waals surface area contributed by atoms with Gasteiger partial charge in [0.15, 0.2) is 0 Å². The molecule has 1 unspecified atom stereocenters. The maximum absolute atomic E-state index is 5.86. The normalized spacial score (nSPS) is 21.0. The second kappa shape index (κ2) is 7.73. The number of hydrogen-bond donors (Lipinski definition) is 1. The van der Waals surface area contributed by atoms with Crippen LogP contribution in [0.1, 0.15) is 18.9 Å². The van der Waals surface area contributed by atoms with Crippen molar-refractivity contribution in [2.24, 2.45) is 11.1 Å². The van der Waals surface area contributed by atoms with E-state index < -0.39 is 0 Å². The number of hydrogen-bond acceptors (Lipinski definition) is 5. The Morgan fingerprint density at radius 3 is 2.65 bits per heavy atom. The zero-order valence-electron chi connectivity index (χ0n) is 13.3. The van der Waals surface area contributed by atoms with Crippen LogP contribution in [0.2, 0.25) is 0 Å². The molecule has 0 bridgehead atoms. The first kappa shape index (κ1) is 17.7. The van der Waals surface area contributed by atoms with Gasteiger partial charge in [0.25, 0.3) is 0 Å². The summed E-state index contributed by atoms with van der Waals surface area (Å²) >= 11 is 0. The first-order valence-electron chi connectivity index (χ1n) is 7.62. The molecule has 1 aliphatic heterocycles. The Bertz CT molecular complexity index is 608. The van der Waals surface area contributed by atoms with Crippen LogP contribution < -0.4 is 10.5 Å². The topological polar surface area (TPSA) is 64.3 Å². The van der Waals surface area contributed by atoms with E-state index in [1.807, 2.05) is 12.1 Å². The van der Waals surface area contributed by atoms with E-state index in [-0.39, 0.29) is 17.8 Å². The summed E-state index contributed by atoms with van der Waals surface area (Å²) in [7, 11) is 0. The molecule has 0 aliphatic carbocycles. The Morgan fingerprint density at radius 2 is 2.04 bits per heavy atom. The van der Waals surface area contributed by atoms with Crippen LogP contribution >= 0.6 is 12.4 Å². The molecule has 2 aromatic rings. The molecule has 0 radical (unpaired) electrons. The first-order chi connectivity index (χ1) is 10.7. The number of nitrogens with zero attached hydrogens (tertiary/aromatic N) is 3. The monoisotopic (exact) mass is 334 g/mol. The van der Waals surface area contributed by atoms with Crippen molar-refractivity contribution in [3.63, 3.8) is 0 Å². The van der Waals surface area contributed by atoms with Crippen molar-refractivity contribution in [1.29, 1.82) is 0 Å². The summed E-state index contributed by atoms with van der Waals surface area (Å²) < 4.78 is 5.65. The molecule has 23 heavy (non-hydrogen) atoms. The van der Waals surface area contributed by atoms with Crippen molar-refractivity contribution in [2.75, 3.05) is 19.6 Å². The molecule has 0 saturated carbocycles. The zero-order chi connectivity index (χ0) is 15.4. The fourth-order valence-electron chi connectivity index (χ4n) is 2.81. The molecule has 1 fully saturated rings. The van der Waals surface area contributed by atoms with Gasteiger partial charge in [0, 0.05) is 25.5 Å². The third kappa shape index (κ3) is 4.64. The lowest BCUT2D eigenvalue weighted by Crippen LogP contribution is -2.31. The molecule has 2 N–H and O–H groups in total. The quantitative estimate of drug-likeness (QED) is 0.910. The minimum absolute atomic E-state index is 0. The number of likely N-dealkylation sites (tertiary alicyclic amines) is 1. The highest BCUT2D eigenvalue weighted by Crippen LogP contribution is 2.29. The molecule has 1 atom stereocenters. The molecule has 124 valence electrons. The van der Waals surface area contributed by atoms with Crippen molar-refractivity contribution in [3.05, 3.63) is 48.4 Å². The Labute approximate surface area is 143 Å². The molecular formula is C17H23ClN4O. The van der Waals surface area contributed by atoms with Crippen molar-refractivity contribution in [3.8, 4) is 11.6 Å². The van der Waals surface area contributed by atoms with Crippen molar-refractivity contribution in [2.45, 2.75) is 19.9 Å². The fourth-order valence-corrected chi connectivity index (χ4v) is 2.81. The van der Waals surface area contributed by atoms with Gasteiger partial charge in [0.2, 0.25) is 5.88 Å². The molecule has 6 heteroatoms. The summed E-state index contributed by atoms with van der Waals surface area (Å²) in [4.78, 5) is 10.5. The highest BCUT2D eigenvalue weighted by molar-refractivity contribution is 5.85. The maximum Gasteiger partial charge on any atom is 0.237 e. The average Bonchev–Trinajstić information content (AvgIpc) is 2.92. The zero-order valence-corrected chi connectivity index (χ0v) is 14.1. The van der Waals surface area contributed by atoms with Crippen LogP contribution in [-0.4, -0.2) is 34.5 Å². The van der Waals surface area contributed by atoms with E-state index in [4.69, 9.17) is 10.5 Å². The predicted octanol–water partition coefficient (Wildman–Crippen LogP) is 2.86. The van der Waals surface area contributed by atoms with Crippen LogP contribution in [0.5, 0.6) is 11.6 Å². The van der Waals surface area contributed by atoms with Gasteiger partial charge in [-0.15, -0.1) is 12.4 Å². The summed E-state index contributed by atoms with van der Waals surface area (Å²) in [5.74, 6) is 1.28. The lowest BCUT2D eigenvalue weighted by Gasteiger charge is -2.22. The summed E-state index contributed by atoms with van der Waals surface area (Å²) in [6, 6.07) is 8.15. The maximum atomic E-state index is 5.86. The Hall–Kier alpha value is -1.69. The Kier molecular flexibility index (Phi) is 5.93. The number of nitrogens with two attached hydrogens (primary N) is 1. The van der Waals surface area contributed by atoms with E-state index in [2.05, 4.69) is 33.9 Å². The van der Waals surface area contributed by atoms with Gasteiger partial charge in [-0.3, -0.25) is 9.88 Å². The number of ether oxygens (including phenoxy) is 1. The Balaban J connectivity index is 0.00000192. The third-order valence-electron chi connectivity index (χ3n) is 4.22. The summed E-state index contributed by atoms with van der Waals surface area (Å²) in [6.07, 6.45) is 6.02. The van der Waals surface area contributed by atoms with E-state index in [0.717, 1.165) is 31.9 Å². The van der Waals surface area contributed by atoms with Crippen LogP contribution in [0, 0.1) is 5.41 Å². The second-order valence-electron chi connectivity index (χ2n) is 6.27. The van der Waals surface area contributed by atoms with Crippen LogP contribution in [0.25, 0.3) is 0 Å². The van der Waals surface area contributed by atoms with Gasteiger partial charge in [-0.2, -0.15) is 0 Å². The highest BCUT2D eigenvalue weighted by atomic mass is 35.5. The van der Waals surface area contributed by atoms with Crippen LogP contribution in [0.4, 0.5) is 0 Å². The molecule has 3 rings (SSSR count). The number of halogens is 1. The standard InChI is InChI=1S/C17H22N4O.ClH/c1-17(12-18)6-9-21(13-17)11-14-2-4-15(5-3-14)22-16-10-19-7-8-20-16;/h2-5,7-8,10H,6,9,11-13,18H2,1H3;1H. The summed E-state index contributed by atoms with van der Waals surface area (Å²) in [5, 5.41) is 0. The van der Waals surface area contributed by atoms with Gasteiger partial charge in [-0.05, 0) is 42.6 Å². The van der Waals surface area contributed by atoms with Gasteiger partial charge in [0.1, 0.15) is 5.75 Å². The number of benzene rings is 1. The lowest BCUT2D eigenvalue weighted by molar-refractivity contribution is 0.274. The van der Waals surface area contributed by atoms with Crippen molar-refractivity contribution < 1.29 is 4.74 Å². The van der Waals surface area contributed by atoms with Gasteiger partial charge in [0.05, 0.1) is 6.20 Å². The molecule has 1 aromatic heterocycles. The van der Waals surface area contributed by atoms with E-state index in [1.54, 1.807) is 18.6 Å². The molecular weight excluding hydrogens is 312 g/mol. The highest BCUT2D eigenvalue weighted by Gasteiger charge is 2.32. The molecule has 2 heterocycles. The van der Waals surface area contributed by atoms with E-state index >= 15 is 0 Å². The third-order valence-corrected chi connectivity index (χ3v) is 4.22. The number of aromatic nitrogens is 2. The van der Waals surface area contributed by atoms with Crippen LogP contribution in [0.3, 0.4) is 0 Å². The molecule has 1 saturated heterocycles. The van der Waals surface area contributed by atoms with E-state index in [1.165, 1.54) is 12.0 Å². The molecule has 1 aromatic carbocycles. The van der Waals surface area contributed by atoms with Crippen molar-refractivity contribution >= 4 is 12.4 Å². The van der Waals surface area contributed by atoms with E-state index in [0.29, 0.717) is 5.88 Å². The predicted molar refractivity (Wildman–Crippen MR) is 92.9 cm³/mol. The van der Waals surface area contributed by atoms with Crippen molar-refractivity contribution in [1.82, 2.24) is 14.9 Å². The molecule has 0 spiro atoms. The second-order valence-corrected chi connectivity index (χ2v) is 6.27. The van der Waals surface area contributed by atoms with Gasteiger partial charge < -0.3 is 10.5 Å². The van der Waals surface area contributed by atoms with Gasteiger partial charge in [-0.25, -0.2) is 4.98 Å². The largest absolute Gasteiger partial charge is 0.438 e. The molecule has 1 aliphatic rings. The SMILES string of the molecule is CC1(CN)CCN(Cc2ccc(Oc3cnccn3)cc2)C1.Cl. The van der Waals surface area contributed by atoms with Crippen LogP contribution in [-0.2, 0) is 6.54 Å². The Morgan fingerprint density at radius 1 is 1.26 bits per heavy atom. The van der Waals surface area contributed by atoms with Gasteiger partial charge in [-0.1, -0.05) is 19.1 Å². The van der Waals surface area contributed by atoms with Crippen LogP contribution in [0.15, 0.2) is 42.9 Å². The first-order valence-corrected chi connectivity index (χ1v) is 7.62. The molecule has 0 amide bonds. The summed E-state index contributed by atoms with van der Waals surface area (Å²) in [5.41, 5.74) is 7.42. The van der Waals surface area contributed by atoms with E-state index in [9.17, 15) is 0 Å². The minimum Gasteiger partial charge on any atom is -0.438 e. The van der Waals surface area contributed by atoms with Gasteiger partial charge >= 0.3 is 0 Å². The average molecular weight is 335 g/mol. The fraction of sp³-hybridized carbons (Fsp3) is 0.412. The lowest BCUT2D eigenvalue weighted by atomic mass is 9.90. The molecule has 5 nitrogen and oxygen atoms in total. The summed E-state index contributed by atoms with van der Waals surface area (Å²) in [6.45, 7) is 6.17. The smallest absolute Gasteiger partial charge is 0.237 e. The minimum atomic E-state index is 0. The number of rotatable bonds is 5.